The predicted molar refractivity (Wildman–Crippen MR) is 116 cm³/mol. The van der Waals surface area contributed by atoms with Crippen LogP contribution in [0.15, 0.2) is 48.5 Å². The Hall–Kier alpha value is -3.37. The van der Waals surface area contributed by atoms with E-state index in [4.69, 9.17) is 10.00 Å². The lowest BCUT2D eigenvalue weighted by atomic mass is 10.1. The Morgan fingerprint density at radius 1 is 1.13 bits per heavy atom. The fourth-order valence-corrected chi connectivity index (χ4v) is 4.23. The zero-order valence-electron chi connectivity index (χ0n) is 17.7. The highest BCUT2D eigenvalue weighted by Crippen LogP contribution is 2.29. The molecule has 4 rings (SSSR count). The fraction of sp³-hybridized carbons (Fsp3) is 0.375. The second-order valence-electron chi connectivity index (χ2n) is 8.02. The Kier molecular flexibility index (Phi) is 6.19. The van der Waals surface area contributed by atoms with Gasteiger partial charge in [-0.2, -0.15) is 5.26 Å². The molecule has 2 aromatic carbocycles. The number of ether oxygens (including phenoxy) is 1. The monoisotopic (exact) mass is 418 g/mol. The molecule has 2 saturated heterocycles. The van der Waals surface area contributed by atoms with Crippen LogP contribution in [0.25, 0.3) is 0 Å². The van der Waals surface area contributed by atoms with Gasteiger partial charge in [0.1, 0.15) is 5.75 Å². The minimum absolute atomic E-state index is 0.0222. The van der Waals surface area contributed by atoms with Crippen LogP contribution in [0, 0.1) is 17.2 Å². The Morgan fingerprint density at radius 3 is 2.55 bits per heavy atom. The van der Waals surface area contributed by atoms with Crippen LogP contribution < -0.4 is 9.64 Å². The van der Waals surface area contributed by atoms with E-state index in [2.05, 4.69) is 11.0 Å². The zero-order valence-corrected chi connectivity index (χ0v) is 17.7. The molecule has 2 aromatic rings. The van der Waals surface area contributed by atoms with E-state index in [1.54, 1.807) is 12.0 Å². The number of hydrogen-bond donors (Lipinski definition) is 0. The van der Waals surface area contributed by atoms with E-state index in [0.717, 1.165) is 30.9 Å². The summed E-state index contributed by atoms with van der Waals surface area (Å²) < 4.78 is 5.25. The summed E-state index contributed by atoms with van der Waals surface area (Å²) in [5.41, 5.74) is 2.59. The minimum Gasteiger partial charge on any atom is -0.497 e. The predicted octanol–water partition coefficient (Wildman–Crippen LogP) is 2.26. The molecule has 2 aliphatic heterocycles. The molecule has 0 spiro atoms. The van der Waals surface area contributed by atoms with Crippen LogP contribution in [0.1, 0.15) is 17.5 Å². The molecule has 0 saturated carbocycles. The van der Waals surface area contributed by atoms with Gasteiger partial charge in [-0.3, -0.25) is 14.5 Å². The van der Waals surface area contributed by atoms with Crippen LogP contribution in [0.4, 0.5) is 5.69 Å². The number of rotatable bonds is 5. The third-order valence-electron chi connectivity index (χ3n) is 6.01. The summed E-state index contributed by atoms with van der Waals surface area (Å²) in [5, 5.41) is 8.91. The first-order valence-electron chi connectivity index (χ1n) is 10.5. The van der Waals surface area contributed by atoms with Crippen LogP contribution in [0.3, 0.4) is 0 Å². The van der Waals surface area contributed by atoms with Gasteiger partial charge in [0, 0.05) is 57.4 Å². The maximum absolute atomic E-state index is 13.1. The van der Waals surface area contributed by atoms with Gasteiger partial charge in [0.15, 0.2) is 0 Å². The van der Waals surface area contributed by atoms with Crippen LogP contribution in [0.5, 0.6) is 5.75 Å². The van der Waals surface area contributed by atoms with E-state index in [9.17, 15) is 9.59 Å². The first kappa shape index (κ1) is 20.9. The molecule has 7 heteroatoms. The molecule has 2 amide bonds. The lowest BCUT2D eigenvalue weighted by Crippen LogP contribution is -2.50. The van der Waals surface area contributed by atoms with Gasteiger partial charge in [-0.05, 0) is 29.8 Å². The summed E-state index contributed by atoms with van der Waals surface area (Å²) in [4.78, 5) is 31.5. The van der Waals surface area contributed by atoms with E-state index in [0.29, 0.717) is 30.9 Å². The van der Waals surface area contributed by atoms with Gasteiger partial charge in [-0.25, -0.2) is 0 Å². The highest BCUT2D eigenvalue weighted by molar-refractivity contribution is 6.00. The summed E-state index contributed by atoms with van der Waals surface area (Å²) in [6.45, 7) is 4.14. The van der Waals surface area contributed by atoms with E-state index in [1.807, 2.05) is 53.4 Å². The summed E-state index contributed by atoms with van der Waals surface area (Å²) in [6.07, 6.45) is 0.251. The maximum Gasteiger partial charge on any atom is 0.228 e. The van der Waals surface area contributed by atoms with Gasteiger partial charge in [0.05, 0.1) is 24.7 Å². The van der Waals surface area contributed by atoms with Crippen molar-refractivity contribution in [3.8, 4) is 11.8 Å². The van der Waals surface area contributed by atoms with E-state index in [1.165, 1.54) is 0 Å². The largest absolute Gasteiger partial charge is 0.497 e. The topological polar surface area (TPSA) is 76.9 Å². The SMILES string of the molecule is COc1cccc(N2CC(C(=O)N3CCN(Cc4ccc(C#N)cc4)CC3)CC2=O)c1. The normalized spacial score (nSPS) is 19.4. The van der Waals surface area contributed by atoms with Crippen LogP contribution in [-0.4, -0.2) is 61.4 Å². The molecule has 1 atom stereocenters. The third-order valence-corrected chi connectivity index (χ3v) is 6.01. The summed E-state index contributed by atoms with van der Waals surface area (Å²) in [6, 6.07) is 17.1. The molecule has 0 aliphatic carbocycles. The molecule has 7 nitrogen and oxygen atoms in total. The first-order valence-corrected chi connectivity index (χ1v) is 10.5. The Bertz CT molecular complexity index is 991. The van der Waals surface area contributed by atoms with Crippen molar-refractivity contribution in [1.82, 2.24) is 9.80 Å². The summed E-state index contributed by atoms with van der Waals surface area (Å²) >= 11 is 0. The van der Waals surface area contributed by atoms with Crippen LogP contribution >= 0.6 is 0 Å². The van der Waals surface area contributed by atoms with Gasteiger partial charge in [-0.1, -0.05) is 18.2 Å². The van der Waals surface area contributed by atoms with Crippen molar-refractivity contribution < 1.29 is 14.3 Å². The van der Waals surface area contributed by atoms with Crippen LogP contribution in [-0.2, 0) is 16.1 Å². The molecule has 2 aliphatic rings. The van der Waals surface area contributed by atoms with E-state index >= 15 is 0 Å². The van der Waals surface area contributed by atoms with Crippen molar-refractivity contribution in [2.45, 2.75) is 13.0 Å². The average molecular weight is 418 g/mol. The number of benzene rings is 2. The molecule has 0 radical (unpaired) electrons. The molecule has 0 bridgehead atoms. The van der Waals surface area contributed by atoms with Gasteiger partial charge in [0.25, 0.3) is 0 Å². The third kappa shape index (κ3) is 4.70. The smallest absolute Gasteiger partial charge is 0.228 e. The number of piperazine rings is 1. The zero-order chi connectivity index (χ0) is 21.8. The Morgan fingerprint density at radius 2 is 1.87 bits per heavy atom. The number of nitriles is 1. The second-order valence-corrected chi connectivity index (χ2v) is 8.02. The van der Waals surface area contributed by atoms with Crippen molar-refractivity contribution in [3.63, 3.8) is 0 Å². The number of hydrogen-bond acceptors (Lipinski definition) is 5. The minimum atomic E-state index is -0.302. The number of carbonyl (C=O) groups excluding carboxylic acids is 2. The van der Waals surface area contributed by atoms with Crippen molar-refractivity contribution >= 4 is 17.5 Å². The molecule has 1 unspecified atom stereocenters. The molecule has 0 N–H and O–H groups in total. The molecular weight excluding hydrogens is 392 g/mol. The summed E-state index contributed by atoms with van der Waals surface area (Å²) in [7, 11) is 1.60. The lowest BCUT2D eigenvalue weighted by molar-refractivity contribution is -0.137. The Balaban J connectivity index is 1.31. The van der Waals surface area contributed by atoms with Crippen molar-refractivity contribution in [2.75, 3.05) is 44.7 Å². The number of carbonyl (C=O) groups is 2. The lowest BCUT2D eigenvalue weighted by Gasteiger charge is -2.36. The first-order chi connectivity index (χ1) is 15.1. The number of nitrogens with zero attached hydrogens (tertiary/aromatic N) is 4. The second kappa shape index (κ2) is 9.19. The highest BCUT2D eigenvalue weighted by Gasteiger charge is 2.38. The molecule has 2 heterocycles. The van der Waals surface area contributed by atoms with E-state index in [-0.39, 0.29) is 24.2 Å². The van der Waals surface area contributed by atoms with E-state index < -0.39 is 0 Å². The van der Waals surface area contributed by atoms with Crippen molar-refractivity contribution in [3.05, 3.63) is 59.7 Å². The number of anilines is 1. The van der Waals surface area contributed by atoms with Gasteiger partial charge >= 0.3 is 0 Å². The highest BCUT2D eigenvalue weighted by atomic mass is 16.5. The fourth-order valence-electron chi connectivity index (χ4n) is 4.23. The van der Waals surface area contributed by atoms with Gasteiger partial charge in [-0.15, -0.1) is 0 Å². The molecule has 160 valence electrons. The Labute approximate surface area is 182 Å². The van der Waals surface area contributed by atoms with Gasteiger partial charge in [0.2, 0.25) is 11.8 Å². The average Bonchev–Trinajstić information content (AvgIpc) is 3.21. The summed E-state index contributed by atoms with van der Waals surface area (Å²) in [5.74, 6) is 0.435. The molecule has 2 fully saturated rings. The molecule has 0 aromatic heterocycles. The van der Waals surface area contributed by atoms with Crippen molar-refractivity contribution in [2.24, 2.45) is 5.92 Å². The number of methoxy groups -OCH3 is 1. The molecule has 31 heavy (non-hydrogen) atoms. The maximum atomic E-state index is 13.1. The van der Waals surface area contributed by atoms with Crippen molar-refractivity contribution in [1.29, 1.82) is 5.26 Å². The standard InChI is InChI=1S/C24H26N4O3/c1-31-22-4-2-3-21(14-22)28-17-20(13-23(28)29)24(30)27-11-9-26(10-12-27)16-19-7-5-18(15-25)6-8-19/h2-8,14,20H,9-13,16-17H2,1H3. The molecular formula is C24H26N4O3. The quantitative estimate of drug-likeness (QED) is 0.745. The van der Waals surface area contributed by atoms with Gasteiger partial charge < -0.3 is 14.5 Å². The van der Waals surface area contributed by atoms with Crippen LogP contribution in [0.2, 0.25) is 0 Å². The number of amides is 2.